The van der Waals surface area contributed by atoms with Gasteiger partial charge in [-0.2, -0.15) is 0 Å². The first-order valence-electron chi connectivity index (χ1n) is 5.62. The normalized spacial score (nSPS) is 10.3. The highest BCUT2D eigenvalue weighted by Gasteiger charge is 2.19. The van der Waals surface area contributed by atoms with Gasteiger partial charge in [0.05, 0.1) is 4.92 Å². The SMILES string of the molecule is NCc1cc(F)c(Oc2ccccc2[N+](=O)[O-])c(F)c1. The summed E-state index contributed by atoms with van der Waals surface area (Å²) in [4.78, 5) is 10.1. The van der Waals surface area contributed by atoms with E-state index in [1.54, 1.807) is 0 Å². The predicted octanol–water partition coefficient (Wildman–Crippen LogP) is 3.12. The molecule has 0 aliphatic heterocycles. The monoisotopic (exact) mass is 280 g/mol. The zero-order valence-electron chi connectivity index (χ0n) is 10.2. The van der Waals surface area contributed by atoms with Crippen LogP contribution < -0.4 is 10.5 Å². The average molecular weight is 280 g/mol. The van der Waals surface area contributed by atoms with Crippen molar-refractivity contribution < 1.29 is 18.4 Å². The van der Waals surface area contributed by atoms with Gasteiger partial charge in [0.15, 0.2) is 17.4 Å². The molecular weight excluding hydrogens is 270 g/mol. The van der Waals surface area contributed by atoms with Gasteiger partial charge in [-0.05, 0) is 23.8 Å². The van der Waals surface area contributed by atoms with Gasteiger partial charge in [0, 0.05) is 12.6 Å². The van der Waals surface area contributed by atoms with E-state index in [0.29, 0.717) is 0 Å². The molecule has 0 amide bonds. The first-order chi connectivity index (χ1) is 9.52. The van der Waals surface area contributed by atoms with Crippen molar-refractivity contribution in [1.82, 2.24) is 0 Å². The van der Waals surface area contributed by atoms with Crippen LogP contribution in [-0.2, 0) is 6.54 Å². The summed E-state index contributed by atoms with van der Waals surface area (Å²) in [5, 5.41) is 10.8. The third kappa shape index (κ3) is 2.72. The van der Waals surface area contributed by atoms with Gasteiger partial charge in [-0.15, -0.1) is 0 Å². The summed E-state index contributed by atoms with van der Waals surface area (Å²) in [7, 11) is 0. The highest BCUT2D eigenvalue weighted by molar-refractivity contribution is 5.48. The number of hydrogen-bond acceptors (Lipinski definition) is 4. The summed E-state index contributed by atoms with van der Waals surface area (Å²) >= 11 is 0. The fourth-order valence-electron chi connectivity index (χ4n) is 1.63. The molecule has 2 rings (SSSR count). The van der Waals surface area contributed by atoms with Gasteiger partial charge in [-0.25, -0.2) is 8.78 Å². The minimum Gasteiger partial charge on any atom is -0.444 e. The Hall–Kier alpha value is -2.54. The van der Waals surface area contributed by atoms with E-state index in [4.69, 9.17) is 10.5 Å². The molecule has 0 aliphatic carbocycles. The molecule has 5 nitrogen and oxygen atoms in total. The number of nitro groups is 1. The molecule has 0 heterocycles. The number of nitrogens with two attached hydrogens (primary N) is 1. The van der Waals surface area contributed by atoms with Gasteiger partial charge < -0.3 is 10.5 Å². The van der Waals surface area contributed by atoms with Crippen LogP contribution in [0.2, 0.25) is 0 Å². The Balaban J connectivity index is 2.43. The number of nitro benzene ring substituents is 1. The molecule has 0 fully saturated rings. The summed E-state index contributed by atoms with van der Waals surface area (Å²) in [5.41, 5.74) is 5.17. The summed E-state index contributed by atoms with van der Waals surface area (Å²) in [5.74, 6) is -2.88. The lowest BCUT2D eigenvalue weighted by atomic mass is 10.2. The van der Waals surface area contributed by atoms with Crippen LogP contribution in [0.25, 0.3) is 0 Å². The lowest BCUT2D eigenvalue weighted by Crippen LogP contribution is -2.01. The van der Waals surface area contributed by atoms with E-state index in [9.17, 15) is 18.9 Å². The van der Waals surface area contributed by atoms with E-state index >= 15 is 0 Å². The van der Waals surface area contributed by atoms with E-state index in [1.807, 2.05) is 0 Å². The van der Waals surface area contributed by atoms with Gasteiger partial charge in [0.2, 0.25) is 5.75 Å². The summed E-state index contributed by atoms with van der Waals surface area (Å²) in [6, 6.07) is 7.37. The van der Waals surface area contributed by atoms with E-state index in [0.717, 1.165) is 12.1 Å². The van der Waals surface area contributed by atoms with E-state index < -0.39 is 22.3 Å². The van der Waals surface area contributed by atoms with Crippen molar-refractivity contribution in [2.45, 2.75) is 6.54 Å². The second kappa shape index (κ2) is 5.62. The maximum atomic E-state index is 13.7. The third-order valence-electron chi connectivity index (χ3n) is 2.57. The number of nitrogens with zero attached hydrogens (tertiary/aromatic N) is 1. The van der Waals surface area contributed by atoms with Crippen molar-refractivity contribution in [2.24, 2.45) is 5.73 Å². The molecule has 104 valence electrons. The second-order valence-electron chi connectivity index (χ2n) is 3.92. The molecule has 2 aromatic rings. The van der Waals surface area contributed by atoms with Crippen LogP contribution in [0.4, 0.5) is 14.5 Å². The zero-order chi connectivity index (χ0) is 14.7. The maximum absolute atomic E-state index is 13.7. The lowest BCUT2D eigenvalue weighted by molar-refractivity contribution is -0.385. The number of ether oxygens (including phenoxy) is 1. The van der Waals surface area contributed by atoms with Gasteiger partial charge in [-0.1, -0.05) is 12.1 Å². The minimum atomic E-state index is -0.969. The molecular formula is C13H10F2N2O3. The van der Waals surface area contributed by atoms with Gasteiger partial charge in [0.1, 0.15) is 0 Å². The third-order valence-corrected chi connectivity index (χ3v) is 2.57. The van der Waals surface area contributed by atoms with Crippen LogP contribution in [0.1, 0.15) is 5.56 Å². The topological polar surface area (TPSA) is 78.4 Å². The molecule has 2 aromatic carbocycles. The van der Waals surface area contributed by atoms with E-state index in [-0.39, 0.29) is 23.5 Å². The fraction of sp³-hybridized carbons (Fsp3) is 0.0769. The molecule has 0 saturated heterocycles. The Morgan fingerprint density at radius 1 is 1.20 bits per heavy atom. The Bertz CT molecular complexity index is 639. The minimum absolute atomic E-state index is 0.0282. The number of para-hydroxylation sites is 2. The molecule has 0 bridgehead atoms. The lowest BCUT2D eigenvalue weighted by Gasteiger charge is -2.09. The van der Waals surface area contributed by atoms with Crippen LogP contribution in [0.15, 0.2) is 36.4 Å². The molecule has 0 unspecified atom stereocenters. The molecule has 0 radical (unpaired) electrons. The van der Waals surface area contributed by atoms with Crippen molar-refractivity contribution >= 4 is 5.69 Å². The molecule has 0 atom stereocenters. The van der Waals surface area contributed by atoms with Crippen molar-refractivity contribution in [3.8, 4) is 11.5 Å². The Kier molecular flexibility index (Phi) is 3.90. The molecule has 7 heteroatoms. The van der Waals surface area contributed by atoms with Crippen LogP contribution in [0, 0.1) is 21.7 Å². The first kappa shape index (κ1) is 13.9. The van der Waals surface area contributed by atoms with Gasteiger partial charge >= 0.3 is 5.69 Å². The largest absolute Gasteiger partial charge is 0.444 e. The molecule has 2 N–H and O–H groups in total. The van der Waals surface area contributed by atoms with Crippen molar-refractivity contribution in [1.29, 1.82) is 0 Å². The number of hydrogen-bond donors (Lipinski definition) is 1. The summed E-state index contributed by atoms with van der Waals surface area (Å²) < 4.78 is 32.5. The molecule has 0 spiro atoms. The Morgan fingerprint density at radius 2 is 1.80 bits per heavy atom. The summed E-state index contributed by atoms with van der Waals surface area (Å²) in [6.45, 7) is -0.0282. The number of halogens is 2. The van der Waals surface area contributed by atoms with Crippen molar-refractivity contribution in [3.63, 3.8) is 0 Å². The van der Waals surface area contributed by atoms with Gasteiger partial charge in [-0.3, -0.25) is 10.1 Å². The number of benzene rings is 2. The number of rotatable bonds is 4. The summed E-state index contributed by atoms with van der Waals surface area (Å²) in [6.07, 6.45) is 0. The van der Waals surface area contributed by atoms with Crippen LogP contribution >= 0.6 is 0 Å². The van der Waals surface area contributed by atoms with Crippen molar-refractivity contribution in [3.05, 3.63) is 63.7 Å². The maximum Gasteiger partial charge on any atom is 0.311 e. The molecule has 0 saturated carbocycles. The van der Waals surface area contributed by atoms with Crippen LogP contribution in [0.3, 0.4) is 0 Å². The molecule has 20 heavy (non-hydrogen) atoms. The van der Waals surface area contributed by atoms with E-state index in [2.05, 4.69) is 0 Å². The van der Waals surface area contributed by atoms with Crippen LogP contribution in [-0.4, -0.2) is 4.92 Å². The standard InChI is InChI=1S/C13H10F2N2O3/c14-9-5-8(7-16)6-10(15)13(9)20-12-4-2-1-3-11(12)17(18)19/h1-6H,7,16H2. The second-order valence-corrected chi connectivity index (χ2v) is 3.92. The van der Waals surface area contributed by atoms with Gasteiger partial charge in [0.25, 0.3) is 0 Å². The van der Waals surface area contributed by atoms with Crippen LogP contribution in [0.5, 0.6) is 11.5 Å². The quantitative estimate of drug-likeness (QED) is 0.689. The Labute approximate surface area is 112 Å². The molecule has 0 aliphatic rings. The highest BCUT2D eigenvalue weighted by atomic mass is 19.1. The van der Waals surface area contributed by atoms with Crippen molar-refractivity contribution in [2.75, 3.05) is 0 Å². The molecule has 0 aromatic heterocycles. The fourth-order valence-corrected chi connectivity index (χ4v) is 1.63. The highest BCUT2D eigenvalue weighted by Crippen LogP contribution is 2.34. The Morgan fingerprint density at radius 3 is 2.35 bits per heavy atom. The van der Waals surface area contributed by atoms with E-state index in [1.165, 1.54) is 24.3 Å². The smallest absolute Gasteiger partial charge is 0.311 e. The first-order valence-corrected chi connectivity index (χ1v) is 5.62. The average Bonchev–Trinajstić information content (AvgIpc) is 2.42. The zero-order valence-corrected chi connectivity index (χ0v) is 10.2. The predicted molar refractivity (Wildman–Crippen MR) is 67.4 cm³/mol.